The van der Waals surface area contributed by atoms with Crippen molar-refractivity contribution in [2.75, 3.05) is 64.2 Å². The zero-order valence-corrected chi connectivity index (χ0v) is 12.6. The molecule has 1 amide bonds. The van der Waals surface area contributed by atoms with Gasteiger partial charge in [-0.2, -0.15) is 0 Å². The number of morpholine rings is 1. The number of amides is 1. The van der Waals surface area contributed by atoms with Crippen molar-refractivity contribution in [3.8, 4) is 0 Å². The Balaban J connectivity index is 2.08. The first-order valence-electron chi connectivity index (χ1n) is 6.47. The monoisotopic (exact) mass is 300 g/mol. The first-order chi connectivity index (χ1) is 9.63. The number of methoxy groups -OCH3 is 1. The van der Waals surface area contributed by atoms with Crippen LogP contribution in [0, 0.1) is 0 Å². The zero-order valence-electron chi connectivity index (χ0n) is 11.8. The number of anilines is 2. The molecule has 0 aliphatic carbocycles. The summed E-state index contributed by atoms with van der Waals surface area (Å²) in [6.07, 6.45) is 0. The van der Waals surface area contributed by atoms with Gasteiger partial charge < -0.3 is 25.0 Å². The molecule has 1 aromatic heterocycles. The van der Waals surface area contributed by atoms with Gasteiger partial charge in [0.25, 0.3) is 5.91 Å². The second-order valence-electron chi connectivity index (χ2n) is 4.53. The van der Waals surface area contributed by atoms with Crippen molar-refractivity contribution in [3.05, 3.63) is 4.88 Å². The third kappa shape index (κ3) is 3.38. The number of hydrogen-bond donors (Lipinski definition) is 1. The van der Waals surface area contributed by atoms with E-state index in [0.717, 1.165) is 18.2 Å². The lowest BCUT2D eigenvalue weighted by Crippen LogP contribution is -2.36. The third-order valence-electron chi connectivity index (χ3n) is 3.10. The summed E-state index contributed by atoms with van der Waals surface area (Å²) in [4.78, 5) is 20.8. The fourth-order valence-corrected chi connectivity index (χ4v) is 2.90. The van der Waals surface area contributed by atoms with E-state index in [1.165, 1.54) is 11.3 Å². The Morgan fingerprint density at radius 1 is 1.55 bits per heavy atom. The van der Waals surface area contributed by atoms with Crippen molar-refractivity contribution in [3.63, 3.8) is 0 Å². The van der Waals surface area contributed by atoms with E-state index >= 15 is 0 Å². The molecular weight excluding hydrogens is 280 g/mol. The van der Waals surface area contributed by atoms with Gasteiger partial charge in [-0.15, -0.1) is 0 Å². The van der Waals surface area contributed by atoms with E-state index in [-0.39, 0.29) is 5.91 Å². The number of rotatable bonds is 5. The highest BCUT2D eigenvalue weighted by atomic mass is 32.1. The van der Waals surface area contributed by atoms with Crippen LogP contribution in [0.15, 0.2) is 0 Å². The molecule has 20 heavy (non-hydrogen) atoms. The summed E-state index contributed by atoms with van der Waals surface area (Å²) < 4.78 is 10.3. The van der Waals surface area contributed by atoms with Crippen molar-refractivity contribution in [2.24, 2.45) is 0 Å². The van der Waals surface area contributed by atoms with Crippen LogP contribution >= 0.6 is 11.3 Å². The first-order valence-corrected chi connectivity index (χ1v) is 7.28. The fraction of sp³-hybridized carbons (Fsp3) is 0.667. The molecule has 2 rings (SSSR count). The highest BCUT2D eigenvalue weighted by Crippen LogP contribution is 2.29. The summed E-state index contributed by atoms with van der Waals surface area (Å²) in [5, 5.41) is 0.786. The second-order valence-corrected chi connectivity index (χ2v) is 5.51. The number of hydrogen-bond acceptors (Lipinski definition) is 7. The molecule has 0 spiro atoms. The number of aromatic nitrogens is 1. The maximum Gasteiger partial charge on any atom is 0.267 e. The summed E-state index contributed by atoms with van der Waals surface area (Å²) in [6, 6.07) is 0. The molecule has 2 heterocycles. The second kappa shape index (κ2) is 6.87. The smallest absolute Gasteiger partial charge is 0.267 e. The van der Waals surface area contributed by atoms with E-state index in [1.54, 1.807) is 19.1 Å². The summed E-state index contributed by atoms with van der Waals surface area (Å²) in [5.74, 6) is 0.183. The topological polar surface area (TPSA) is 80.9 Å². The Labute approximate surface area is 122 Å². The standard InChI is InChI=1S/C12H20N4O3S/c1-15(3-6-18-2)11(17)9-10(13)14-12(20-9)16-4-7-19-8-5-16/h3-8,13H2,1-2H3. The number of ether oxygens (including phenoxy) is 2. The van der Waals surface area contributed by atoms with E-state index in [2.05, 4.69) is 9.88 Å². The van der Waals surface area contributed by atoms with Crippen molar-refractivity contribution < 1.29 is 14.3 Å². The van der Waals surface area contributed by atoms with Gasteiger partial charge in [-0.1, -0.05) is 11.3 Å². The molecule has 1 aromatic rings. The molecule has 0 saturated carbocycles. The minimum atomic E-state index is -0.114. The van der Waals surface area contributed by atoms with Crippen molar-refractivity contribution in [1.82, 2.24) is 9.88 Å². The Hall–Kier alpha value is -1.38. The van der Waals surface area contributed by atoms with Crippen LogP contribution in [0.4, 0.5) is 10.9 Å². The van der Waals surface area contributed by atoms with Crippen LogP contribution in [0.5, 0.6) is 0 Å². The number of carbonyl (C=O) groups excluding carboxylic acids is 1. The van der Waals surface area contributed by atoms with E-state index in [4.69, 9.17) is 15.2 Å². The SMILES string of the molecule is COCCN(C)C(=O)c1sc(N2CCOCC2)nc1N. The molecule has 0 unspecified atom stereocenters. The van der Waals surface area contributed by atoms with Gasteiger partial charge in [0.2, 0.25) is 0 Å². The number of thiazole rings is 1. The molecule has 0 bridgehead atoms. The van der Waals surface area contributed by atoms with Crippen LogP contribution in [-0.4, -0.2) is 69.4 Å². The molecule has 1 aliphatic rings. The van der Waals surface area contributed by atoms with E-state index in [9.17, 15) is 4.79 Å². The van der Waals surface area contributed by atoms with E-state index < -0.39 is 0 Å². The first kappa shape index (κ1) is 15.0. The molecule has 112 valence electrons. The molecule has 0 aromatic carbocycles. The minimum absolute atomic E-state index is 0.114. The normalized spacial score (nSPS) is 15.4. The Morgan fingerprint density at radius 2 is 2.25 bits per heavy atom. The lowest BCUT2D eigenvalue weighted by atomic mass is 10.4. The molecule has 7 nitrogen and oxygen atoms in total. The minimum Gasteiger partial charge on any atom is -0.383 e. The van der Waals surface area contributed by atoms with Gasteiger partial charge in [0.1, 0.15) is 10.7 Å². The number of nitrogen functional groups attached to an aromatic ring is 1. The summed E-state index contributed by atoms with van der Waals surface area (Å²) >= 11 is 1.34. The van der Waals surface area contributed by atoms with Crippen LogP contribution in [0.25, 0.3) is 0 Å². The number of likely N-dealkylation sites (N-methyl/N-ethyl adjacent to an activating group) is 1. The van der Waals surface area contributed by atoms with E-state index in [1.807, 2.05) is 0 Å². The molecule has 2 N–H and O–H groups in total. The van der Waals surface area contributed by atoms with Gasteiger partial charge in [0.05, 0.1) is 19.8 Å². The fourth-order valence-electron chi connectivity index (χ4n) is 1.87. The lowest BCUT2D eigenvalue weighted by Gasteiger charge is -2.25. The van der Waals surface area contributed by atoms with Gasteiger partial charge >= 0.3 is 0 Å². The average Bonchev–Trinajstić information content (AvgIpc) is 2.87. The van der Waals surface area contributed by atoms with Crippen molar-refractivity contribution in [1.29, 1.82) is 0 Å². The van der Waals surface area contributed by atoms with Crippen LogP contribution in [0.2, 0.25) is 0 Å². The highest BCUT2D eigenvalue weighted by Gasteiger charge is 2.23. The molecular formula is C12H20N4O3S. The molecule has 0 radical (unpaired) electrons. The Bertz CT molecular complexity index is 460. The predicted octanol–water partition coefficient (Wildman–Crippen LogP) is 0.280. The summed E-state index contributed by atoms with van der Waals surface area (Å²) in [5.41, 5.74) is 5.88. The lowest BCUT2D eigenvalue weighted by molar-refractivity contribution is 0.0749. The van der Waals surface area contributed by atoms with Gasteiger partial charge in [-0.05, 0) is 0 Å². The molecule has 8 heteroatoms. The van der Waals surface area contributed by atoms with Crippen LogP contribution < -0.4 is 10.6 Å². The zero-order chi connectivity index (χ0) is 14.5. The number of nitrogens with two attached hydrogens (primary N) is 1. The Kier molecular flexibility index (Phi) is 5.16. The van der Waals surface area contributed by atoms with Gasteiger partial charge in [0.15, 0.2) is 5.13 Å². The maximum absolute atomic E-state index is 12.3. The third-order valence-corrected chi connectivity index (χ3v) is 4.22. The number of nitrogens with zero attached hydrogens (tertiary/aromatic N) is 3. The molecule has 1 aliphatic heterocycles. The van der Waals surface area contributed by atoms with Crippen LogP contribution in [0.3, 0.4) is 0 Å². The largest absolute Gasteiger partial charge is 0.383 e. The van der Waals surface area contributed by atoms with E-state index in [0.29, 0.717) is 37.1 Å². The van der Waals surface area contributed by atoms with Gasteiger partial charge in [0, 0.05) is 33.8 Å². The van der Waals surface area contributed by atoms with Gasteiger partial charge in [-0.25, -0.2) is 4.98 Å². The summed E-state index contributed by atoms with van der Waals surface area (Å²) in [7, 11) is 3.34. The highest BCUT2D eigenvalue weighted by molar-refractivity contribution is 7.18. The maximum atomic E-state index is 12.3. The average molecular weight is 300 g/mol. The Morgan fingerprint density at radius 3 is 2.90 bits per heavy atom. The van der Waals surface area contributed by atoms with Crippen molar-refractivity contribution >= 4 is 28.2 Å². The van der Waals surface area contributed by atoms with Crippen LogP contribution in [0.1, 0.15) is 9.67 Å². The number of carbonyl (C=O) groups is 1. The summed E-state index contributed by atoms with van der Waals surface area (Å²) in [6.45, 7) is 3.93. The van der Waals surface area contributed by atoms with Crippen LogP contribution in [-0.2, 0) is 9.47 Å². The molecule has 0 atom stereocenters. The van der Waals surface area contributed by atoms with Crippen molar-refractivity contribution in [2.45, 2.75) is 0 Å². The quantitative estimate of drug-likeness (QED) is 0.841. The predicted molar refractivity (Wildman–Crippen MR) is 78.4 cm³/mol. The van der Waals surface area contributed by atoms with Gasteiger partial charge in [-0.3, -0.25) is 4.79 Å². The molecule has 1 saturated heterocycles. The molecule has 1 fully saturated rings.